The minimum absolute atomic E-state index is 0.0848. The molecule has 1 aromatic carbocycles. The molecule has 1 aliphatic heterocycles. The van der Waals surface area contributed by atoms with E-state index < -0.39 is 0 Å². The molecule has 0 bridgehead atoms. The lowest BCUT2D eigenvalue weighted by atomic mass is 9.50. The van der Waals surface area contributed by atoms with Crippen molar-refractivity contribution >= 4 is 5.78 Å². The first-order valence-corrected chi connectivity index (χ1v) is 7.84. The highest BCUT2D eigenvalue weighted by molar-refractivity contribution is 5.92. The molecule has 1 heterocycles. The highest BCUT2D eigenvalue weighted by Crippen LogP contribution is 2.55. The molecule has 0 radical (unpaired) electrons. The lowest BCUT2D eigenvalue weighted by Gasteiger charge is -2.57. The zero-order valence-electron chi connectivity index (χ0n) is 12.9. The molecule has 1 fully saturated rings. The van der Waals surface area contributed by atoms with Crippen LogP contribution in [0.1, 0.15) is 44.2 Å². The van der Waals surface area contributed by atoms with Crippen molar-refractivity contribution in [2.45, 2.75) is 44.9 Å². The van der Waals surface area contributed by atoms with Crippen molar-refractivity contribution in [3.63, 3.8) is 0 Å². The highest BCUT2D eigenvalue weighted by Gasteiger charge is 2.57. The molecule has 0 N–H and O–H groups in total. The Kier molecular flexibility index (Phi) is 3.24. The number of likely N-dealkylation sites (tertiary alicyclic amines) is 1. The standard InChI is InChI=1S/C18H25NO/c1-4-16(20)18-11-12-19(3)13-17(18,2)10-9-14-7-5-6-8-15(14)18/h5-8H,4,9-13H2,1-3H3/t17-,18-/m1/s1. The van der Waals surface area contributed by atoms with Gasteiger partial charge in [0.05, 0.1) is 5.41 Å². The van der Waals surface area contributed by atoms with Crippen LogP contribution >= 0.6 is 0 Å². The van der Waals surface area contributed by atoms with Crippen LogP contribution in [0.25, 0.3) is 0 Å². The molecular weight excluding hydrogens is 246 g/mol. The van der Waals surface area contributed by atoms with Gasteiger partial charge in [0, 0.05) is 13.0 Å². The lowest BCUT2D eigenvalue weighted by molar-refractivity contribution is -0.134. The van der Waals surface area contributed by atoms with Crippen LogP contribution in [-0.4, -0.2) is 30.8 Å². The molecule has 1 aromatic rings. The third kappa shape index (κ3) is 1.70. The first kappa shape index (κ1) is 13.8. The van der Waals surface area contributed by atoms with Crippen molar-refractivity contribution in [3.8, 4) is 0 Å². The van der Waals surface area contributed by atoms with Crippen LogP contribution in [0, 0.1) is 5.41 Å². The Hall–Kier alpha value is -1.15. The molecule has 3 rings (SSSR count). The smallest absolute Gasteiger partial charge is 0.143 e. The van der Waals surface area contributed by atoms with Crippen molar-refractivity contribution in [2.24, 2.45) is 5.41 Å². The fourth-order valence-electron chi connectivity index (χ4n) is 4.72. The number of carbonyl (C=O) groups excluding carboxylic acids is 1. The number of hydrogen-bond acceptors (Lipinski definition) is 2. The summed E-state index contributed by atoms with van der Waals surface area (Å²) >= 11 is 0. The Labute approximate surface area is 122 Å². The van der Waals surface area contributed by atoms with Crippen LogP contribution in [0.2, 0.25) is 0 Å². The largest absolute Gasteiger partial charge is 0.306 e. The maximum Gasteiger partial charge on any atom is 0.143 e. The second-order valence-corrected chi connectivity index (χ2v) is 6.89. The van der Waals surface area contributed by atoms with E-state index in [1.165, 1.54) is 11.1 Å². The Morgan fingerprint density at radius 1 is 1.30 bits per heavy atom. The van der Waals surface area contributed by atoms with E-state index in [0.717, 1.165) is 32.4 Å². The predicted molar refractivity (Wildman–Crippen MR) is 82.0 cm³/mol. The molecule has 108 valence electrons. The number of ketones is 1. The summed E-state index contributed by atoms with van der Waals surface area (Å²) in [6, 6.07) is 8.65. The minimum Gasteiger partial charge on any atom is -0.306 e. The van der Waals surface area contributed by atoms with Crippen molar-refractivity contribution in [1.29, 1.82) is 0 Å². The number of rotatable bonds is 2. The Morgan fingerprint density at radius 2 is 2.05 bits per heavy atom. The van der Waals surface area contributed by atoms with Crippen molar-refractivity contribution in [2.75, 3.05) is 20.1 Å². The van der Waals surface area contributed by atoms with Crippen molar-refractivity contribution in [3.05, 3.63) is 35.4 Å². The van der Waals surface area contributed by atoms with Crippen LogP contribution < -0.4 is 0 Å². The van der Waals surface area contributed by atoms with E-state index in [1.807, 2.05) is 6.92 Å². The van der Waals surface area contributed by atoms with Crippen LogP contribution in [0.15, 0.2) is 24.3 Å². The SMILES string of the molecule is CCC(=O)[C@]12CCN(C)C[C@@]1(C)CCc1ccccc12. The molecule has 1 saturated heterocycles. The van der Waals surface area contributed by atoms with E-state index in [2.05, 4.69) is 43.1 Å². The summed E-state index contributed by atoms with van der Waals surface area (Å²) < 4.78 is 0. The number of Topliss-reactive ketones (excluding diaryl/α,β-unsaturated/α-hetero) is 1. The number of hydrogen-bond donors (Lipinski definition) is 0. The molecule has 2 aliphatic rings. The monoisotopic (exact) mass is 271 g/mol. The maximum atomic E-state index is 13.0. The third-order valence-electron chi connectivity index (χ3n) is 5.74. The Morgan fingerprint density at radius 3 is 2.80 bits per heavy atom. The molecule has 0 amide bonds. The number of benzene rings is 1. The molecule has 2 nitrogen and oxygen atoms in total. The van der Waals surface area contributed by atoms with Crippen LogP contribution in [0.4, 0.5) is 0 Å². The van der Waals surface area contributed by atoms with Gasteiger partial charge < -0.3 is 4.90 Å². The average molecular weight is 271 g/mol. The van der Waals surface area contributed by atoms with Gasteiger partial charge in [-0.05, 0) is 49.4 Å². The van der Waals surface area contributed by atoms with Gasteiger partial charge >= 0.3 is 0 Å². The van der Waals surface area contributed by atoms with Gasteiger partial charge in [-0.1, -0.05) is 38.1 Å². The fraction of sp³-hybridized carbons (Fsp3) is 0.611. The zero-order chi connectivity index (χ0) is 14.4. The molecule has 20 heavy (non-hydrogen) atoms. The van der Waals surface area contributed by atoms with Gasteiger partial charge in [-0.3, -0.25) is 4.79 Å². The summed E-state index contributed by atoms with van der Waals surface area (Å²) in [7, 11) is 2.19. The van der Waals surface area contributed by atoms with E-state index >= 15 is 0 Å². The van der Waals surface area contributed by atoms with Crippen molar-refractivity contribution in [1.82, 2.24) is 4.90 Å². The number of fused-ring (bicyclic) bond motifs is 3. The first-order valence-electron chi connectivity index (χ1n) is 7.84. The summed E-state index contributed by atoms with van der Waals surface area (Å²) in [4.78, 5) is 15.4. The molecule has 2 atom stereocenters. The van der Waals surface area contributed by atoms with E-state index in [9.17, 15) is 4.79 Å². The zero-order valence-corrected chi connectivity index (χ0v) is 12.9. The van der Waals surface area contributed by atoms with E-state index in [4.69, 9.17) is 0 Å². The number of aryl methyl sites for hydroxylation is 1. The van der Waals surface area contributed by atoms with Gasteiger partial charge in [0.2, 0.25) is 0 Å². The number of carbonyl (C=O) groups is 1. The molecule has 1 aliphatic carbocycles. The predicted octanol–water partition coefficient (Wildman–Crippen LogP) is 3.19. The van der Waals surface area contributed by atoms with Gasteiger partial charge in [0.25, 0.3) is 0 Å². The Bertz CT molecular complexity index is 538. The highest BCUT2D eigenvalue weighted by atomic mass is 16.1. The van der Waals surface area contributed by atoms with E-state index in [1.54, 1.807) is 0 Å². The minimum atomic E-state index is -0.247. The summed E-state index contributed by atoms with van der Waals surface area (Å²) in [5.41, 5.74) is 2.56. The normalized spacial score (nSPS) is 33.4. The summed E-state index contributed by atoms with van der Waals surface area (Å²) in [5, 5.41) is 0. The second-order valence-electron chi connectivity index (χ2n) is 6.89. The Balaban J connectivity index is 2.21. The van der Waals surface area contributed by atoms with Gasteiger partial charge in [-0.15, -0.1) is 0 Å². The van der Waals surface area contributed by atoms with Crippen LogP contribution in [-0.2, 0) is 16.6 Å². The molecule has 2 heteroatoms. The van der Waals surface area contributed by atoms with Crippen LogP contribution in [0.3, 0.4) is 0 Å². The fourth-order valence-corrected chi connectivity index (χ4v) is 4.72. The molecule has 0 spiro atoms. The molecule has 0 saturated carbocycles. The topological polar surface area (TPSA) is 20.3 Å². The number of piperidine rings is 1. The quantitative estimate of drug-likeness (QED) is 0.823. The molecule has 0 unspecified atom stereocenters. The summed E-state index contributed by atoms with van der Waals surface area (Å²) in [5.74, 6) is 0.445. The maximum absolute atomic E-state index is 13.0. The number of nitrogens with zero attached hydrogens (tertiary/aromatic N) is 1. The van der Waals surface area contributed by atoms with Crippen molar-refractivity contribution < 1.29 is 4.79 Å². The van der Waals surface area contributed by atoms with Gasteiger partial charge in [0.15, 0.2) is 0 Å². The molecule has 0 aromatic heterocycles. The summed E-state index contributed by atoms with van der Waals surface area (Å²) in [6.07, 6.45) is 3.86. The second kappa shape index (κ2) is 4.70. The van der Waals surface area contributed by atoms with E-state index in [0.29, 0.717) is 12.2 Å². The first-order chi connectivity index (χ1) is 9.53. The van der Waals surface area contributed by atoms with Gasteiger partial charge in [-0.2, -0.15) is 0 Å². The molecular formula is C18H25NO. The average Bonchev–Trinajstić information content (AvgIpc) is 2.45. The van der Waals surface area contributed by atoms with Crippen LogP contribution in [0.5, 0.6) is 0 Å². The van der Waals surface area contributed by atoms with E-state index in [-0.39, 0.29) is 10.8 Å². The third-order valence-corrected chi connectivity index (χ3v) is 5.74. The lowest BCUT2D eigenvalue weighted by Crippen LogP contribution is -2.61. The summed E-state index contributed by atoms with van der Waals surface area (Å²) in [6.45, 7) is 6.42. The van der Waals surface area contributed by atoms with Gasteiger partial charge in [-0.25, -0.2) is 0 Å². The van der Waals surface area contributed by atoms with Gasteiger partial charge in [0.1, 0.15) is 5.78 Å².